The topological polar surface area (TPSA) is 108 Å². The fourth-order valence-electron chi connectivity index (χ4n) is 2.37. The number of rotatable bonds is 5. The summed E-state index contributed by atoms with van der Waals surface area (Å²) in [6, 6.07) is 0. The second kappa shape index (κ2) is 8.06. The molecule has 2 aliphatic heterocycles. The van der Waals surface area contributed by atoms with Gasteiger partial charge in [-0.3, -0.25) is 4.79 Å². The second-order valence-electron chi connectivity index (χ2n) is 6.56. The van der Waals surface area contributed by atoms with Gasteiger partial charge < -0.3 is 24.1 Å². The number of hydrogen-bond acceptors (Lipinski definition) is 8. The standard InChI is InChI=1S/C19H24O8/c1-5-18(3)24-14(20)12(15(21)25-18)10-8-7-9-11-13-16(22)26-19(4,6-2)27-17(13)23/h7-12,14,20H,5-6H2,1-4H3. The van der Waals surface area contributed by atoms with Gasteiger partial charge in [0.1, 0.15) is 11.5 Å². The largest absolute Gasteiger partial charge is 0.433 e. The molecule has 2 fully saturated rings. The van der Waals surface area contributed by atoms with Crippen LogP contribution in [0, 0.1) is 5.92 Å². The smallest absolute Gasteiger partial charge is 0.348 e. The van der Waals surface area contributed by atoms with Gasteiger partial charge in [0, 0.05) is 26.7 Å². The lowest BCUT2D eigenvalue weighted by Gasteiger charge is -2.38. The van der Waals surface area contributed by atoms with Gasteiger partial charge in [0.2, 0.25) is 5.79 Å². The minimum atomic E-state index is -1.32. The van der Waals surface area contributed by atoms with E-state index >= 15 is 0 Å². The van der Waals surface area contributed by atoms with Crippen LogP contribution in [0.5, 0.6) is 0 Å². The van der Waals surface area contributed by atoms with Crippen LogP contribution in [0.1, 0.15) is 40.5 Å². The number of carbonyl (C=O) groups is 3. The monoisotopic (exact) mass is 380 g/mol. The van der Waals surface area contributed by atoms with Crippen LogP contribution >= 0.6 is 0 Å². The quantitative estimate of drug-likeness (QED) is 0.333. The Morgan fingerprint density at radius 2 is 1.52 bits per heavy atom. The van der Waals surface area contributed by atoms with Gasteiger partial charge in [0.15, 0.2) is 6.29 Å². The van der Waals surface area contributed by atoms with E-state index in [1.165, 1.54) is 37.3 Å². The van der Waals surface area contributed by atoms with Crippen molar-refractivity contribution in [3.63, 3.8) is 0 Å². The summed E-state index contributed by atoms with van der Waals surface area (Å²) in [5.41, 5.74) is -0.232. The van der Waals surface area contributed by atoms with Crippen LogP contribution in [0.25, 0.3) is 0 Å². The predicted octanol–water partition coefficient (Wildman–Crippen LogP) is 1.89. The molecule has 0 spiro atoms. The molecule has 8 heteroatoms. The normalized spacial score (nSPS) is 34.6. The molecule has 8 nitrogen and oxygen atoms in total. The lowest BCUT2D eigenvalue weighted by atomic mass is 10.1. The maximum atomic E-state index is 12.0. The van der Waals surface area contributed by atoms with Gasteiger partial charge in [-0.2, -0.15) is 0 Å². The summed E-state index contributed by atoms with van der Waals surface area (Å²) in [6.07, 6.45) is 6.45. The van der Waals surface area contributed by atoms with Gasteiger partial charge >= 0.3 is 17.9 Å². The van der Waals surface area contributed by atoms with E-state index in [0.29, 0.717) is 12.8 Å². The van der Waals surface area contributed by atoms with Gasteiger partial charge in [0.05, 0.1) is 0 Å². The predicted molar refractivity (Wildman–Crippen MR) is 92.6 cm³/mol. The Morgan fingerprint density at radius 1 is 0.926 bits per heavy atom. The van der Waals surface area contributed by atoms with Crippen LogP contribution in [0.3, 0.4) is 0 Å². The molecule has 0 aliphatic carbocycles. The number of cyclic esters (lactones) is 3. The third kappa shape index (κ3) is 4.84. The van der Waals surface area contributed by atoms with Crippen molar-refractivity contribution in [1.29, 1.82) is 0 Å². The lowest BCUT2D eigenvalue weighted by Crippen LogP contribution is -2.49. The number of allylic oxidation sites excluding steroid dienone is 4. The van der Waals surface area contributed by atoms with Crippen molar-refractivity contribution in [2.75, 3.05) is 0 Å². The molecule has 0 saturated carbocycles. The number of aliphatic hydroxyl groups is 1. The molecule has 0 bridgehead atoms. The zero-order chi connectivity index (χ0) is 20.2. The first-order valence-electron chi connectivity index (χ1n) is 8.73. The molecule has 0 aromatic heterocycles. The molecule has 2 heterocycles. The molecule has 3 atom stereocenters. The lowest BCUT2D eigenvalue weighted by molar-refractivity contribution is -0.317. The van der Waals surface area contributed by atoms with E-state index in [9.17, 15) is 19.5 Å². The number of esters is 3. The Kier molecular flexibility index (Phi) is 6.22. The summed E-state index contributed by atoms with van der Waals surface area (Å²) in [5.74, 6) is -5.49. The summed E-state index contributed by atoms with van der Waals surface area (Å²) in [7, 11) is 0. The first-order chi connectivity index (χ1) is 12.6. The SMILES string of the molecule is CCC1(C)OC(=O)C(=CC=CC=CC2C(=O)OC(C)(CC)OC2O)C(=O)O1. The molecule has 0 radical (unpaired) electrons. The van der Waals surface area contributed by atoms with Crippen molar-refractivity contribution < 1.29 is 38.4 Å². The van der Waals surface area contributed by atoms with Crippen molar-refractivity contribution in [1.82, 2.24) is 0 Å². The number of hydrogen-bond donors (Lipinski definition) is 1. The first kappa shape index (κ1) is 20.9. The number of carbonyl (C=O) groups excluding carboxylic acids is 3. The third-order valence-corrected chi connectivity index (χ3v) is 4.41. The first-order valence-corrected chi connectivity index (χ1v) is 8.73. The van der Waals surface area contributed by atoms with Gasteiger partial charge in [-0.15, -0.1) is 0 Å². The minimum absolute atomic E-state index is 0.232. The molecule has 0 aromatic carbocycles. The fourth-order valence-corrected chi connectivity index (χ4v) is 2.37. The summed E-state index contributed by atoms with van der Waals surface area (Å²) in [6.45, 7) is 6.60. The van der Waals surface area contributed by atoms with Crippen LogP contribution in [-0.4, -0.2) is 40.9 Å². The Balaban J connectivity index is 1.99. The molecule has 2 aliphatic rings. The van der Waals surface area contributed by atoms with Crippen LogP contribution in [-0.2, 0) is 33.3 Å². The van der Waals surface area contributed by atoms with Gasteiger partial charge in [0.25, 0.3) is 5.79 Å². The summed E-state index contributed by atoms with van der Waals surface area (Å²) >= 11 is 0. The van der Waals surface area contributed by atoms with E-state index in [4.69, 9.17) is 18.9 Å². The van der Waals surface area contributed by atoms with Gasteiger partial charge in [-0.1, -0.05) is 38.2 Å². The summed E-state index contributed by atoms with van der Waals surface area (Å²) in [5, 5.41) is 9.98. The molecule has 1 N–H and O–H groups in total. The number of ether oxygens (including phenoxy) is 4. The average molecular weight is 380 g/mol. The van der Waals surface area contributed by atoms with E-state index in [2.05, 4.69) is 0 Å². The molecule has 2 rings (SSSR count). The molecule has 2 saturated heterocycles. The zero-order valence-electron chi connectivity index (χ0n) is 15.8. The Labute approximate surface area is 157 Å². The van der Waals surface area contributed by atoms with Crippen molar-refractivity contribution in [2.24, 2.45) is 5.92 Å². The van der Waals surface area contributed by atoms with E-state index in [1.807, 2.05) is 0 Å². The summed E-state index contributed by atoms with van der Waals surface area (Å²) in [4.78, 5) is 35.8. The maximum Gasteiger partial charge on any atom is 0.348 e. The molecule has 27 heavy (non-hydrogen) atoms. The molecule has 148 valence electrons. The highest BCUT2D eigenvalue weighted by atomic mass is 16.8. The van der Waals surface area contributed by atoms with Crippen LogP contribution in [0.4, 0.5) is 0 Å². The molecule has 0 aromatic rings. The number of aliphatic hydroxyl groups excluding tert-OH is 1. The van der Waals surface area contributed by atoms with Crippen molar-refractivity contribution in [3.05, 3.63) is 36.0 Å². The maximum absolute atomic E-state index is 12.0. The van der Waals surface area contributed by atoms with Crippen LogP contribution in [0.15, 0.2) is 36.0 Å². The van der Waals surface area contributed by atoms with E-state index < -0.39 is 41.7 Å². The Bertz CT molecular complexity index is 684. The molecule has 3 unspecified atom stereocenters. The second-order valence-corrected chi connectivity index (χ2v) is 6.56. The summed E-state index contributed by atoms with van der Waals surface area (Å²) < 4.78 is 20.7. The van der Waals surface area contributed by atoms with Crippen molar-refractivity contribution in [2.45, 2.75) is 58.4 Å². The molecular weight excluding hydrogens is 356 g/mol. The van der Waals surface area contributed by atoms with Gasteiger partial charge in [-0.05, 0) is 6.08 Å². The van der Waals surface area contributed by atoms with Crippen LogP contribution in [0.2, 0.25) is 0 Å². The zero-order valence-corrected chi connectivity index (χ0v) is 15.8. The highest BCUT2D eigenvalue weighted by Crippen LogP contribution is 2.29. The van der Waals surface area contributed by atoms with Crippen molar-refractivity contribution >= 4 is 17.9 Å². The Hall–Kier alpha value is -2.45. The highest BCUT2D eigenvalue weighted by molar-refractivity contribution is 6.15. The van der Waals surface area contributed by atoms with Crippen LogP contribution < -0.4 is 0 Å². The fraction of sp³-hybridized carbons (Fsp3) is 0.526. The Morgan fingerprint density at radius 3 is 2.04 bits per heavy atom. The minimum Gasteiger partial charge on any atom is -0.433 e. The van der Waals surface area contributed by atoms with E-state index in [1.54, 1.807) is 20.8 Å². The molecule has 0 amide bonds. The molecular formula is C19H24O8. The highest BCUT2D eigenvalue weighted by Gasteiger charge is 2.43. The van der Waals surface area contributed by atoms with E-state index in [0.717, 1.165) is 0 Å². The van der Waals surface area contributed by atoms with Gasteiger partial charge in [-0.25, -0.2) is 9.59 Å². The average Bonchev–Trinajstić information content (AvgIpc) is 2.58. The third-order valence-electron chi connectivity index (χ3n) is 4.41. The van der Waals surface area contributed by atoms with E-state index in [-0.39, 0.29) is 5.57 Å². The van der Waals surface area contributed by atoms with Crippen molar-refractivity contribution in [3.8, 4) is 0 Å².